The molecule has 1 aliphatic rings. The van der Waals surface area contributed by atoms with Crippen LogP contribution in [0.4, 0.5) is 0 Å². The van der Waals surface area contributed by atoms with Gasteiger partial charge in [0.25, 0.3) is 0 Å². The topological polar surface area (TPSA) is 72.6 Å². The molecule has 7 heteroatoms. The van der Waals surface area contributed by atoms with Crippen LogP contribution in [0.15, 0.2) is 39.8 Å². The average molecular weight is 322 g/mol. The molecule has 1 saturated heterocycles. The lowest BCUT2D eigenvalue weighted by atomic mass is 10.1. The van der Waals surface area contributed by atoms with E-state index < -0.39 is 10.0 Å². The average Bonchev–Trinajstić information content (AvgIpc) is 3.16. The molecule has 1 aromatic carbocycles. The van der Waals surface area contributed by atoms with E-state index in [4.69, 9.17) is 9.26 Å². The van der Waals surface area contributed by atoms with E-state index in [2.05, 4.69) is 5.16 Å². The molecule has 22 heavy (non-hydrogen) atoms. The number of benzene rings is 1. The van der Waals surface area contributed by atoms with Gasteiger partial charge in [-0.15, -0.1) is 0 Å². The highest BCUT2D eigenvalue weighted by Crippen LogP contribution is 2.36. The molecule has 1 atom stereocenters. The molecule has 0 aliphatic carbocycles. The van der Waals surface area contributed by atoms with Gasteiger partial charge in [-0.25, -0.2) is 8.42 Å². The second kappa shape index (κ2) is 5.73. The molecule has 0 radical (unpaired) electrons. The predicted octanol–water partition coefficient (Wildman–Crippen LogP) is 2.52. The van der Waals surface area contributed by atoms with Gasteiger partial charge in [-0.3, -0.25) is 0 Å². The van der Waals surface area contributed by atoms with Crippen LogP contribution < -0.4 is 4.74 Å². The number of aromatic nitrogens is 1. The fourth-order valence-corrected chi connectivity index (χ4v) is 4.42. The summed E-state index contributed by atoms with van der Waals surface area (Å²) in [5.41, 5.74) is 0.673. The van der Waals surface area contributed by atoms with Gasteiger partial charge in [0.15, 0.2) is 0 Å². The Labute approximate surface area is 129 Å². The van der Waals surface area contributed by atoms with Crippen molar-refractivity contribution in [3.8, 4) is 5.75 Å². The standard InChI is InChI=1S/C15H18N2O4S/c1-11-10-14(16-21-11)15-4-3-9-17(15)22(18,19)13-7-5-12(20-2)6-8-13/h5-8,10,15H,3-4,9H2,1-2H3. The van der Waals surface area contributed by atoms with Crippen LogP contribution in [0.5, 0.6) is 5.75 Å². The predicted molar refractivity (Wildman–Crippen MR) is 80.1 cm³/mol. The fraction of sp³-hybridized carbons (Fsp3) is 0.400. The van der Waals surface area contributed by atoms with Crippen molar-refractivity contribution in [2.45, 2.75) is 30.7 Å². The minimum Gasteiger partial charge on any atom is -0.497 e. The molecule has 0 amide bonds. The molecule has 1 aliphatic heterocycles. The summed E-state index contributed by atoms with van der Waals surface area (Å²) in [6.07, 6.45) is 1.56. The quantitative estimate of drug-likeness (QED) is 0.865. The van der Waals surface area contributed by atoms with E-state index >= 15 is 0 Å². The molecule has 1 fully saturated rings. The van der Waals surface area contributed by atoms with Gasteiger partial charge in [0.2, 0.25) is 10.0 Å². The fourth-order valence-electron chi connectivity index (χ4n) is 2.75. The Bertz CT molecular complexity index is 752. The molecule has 1 unspecified atom stereocenters. The summed E-state index contributed by atoms with van der Waals surface area (Å²) < 4.78 is 37.4. The van der Waals surface area contributed by atoms with Crippen LogP contribution in [0.3, 0.4) is 0 Å². The summed E-state index contributed by atoms with van der Waals surface area (Å²) >= 11 is 0. The smallest absolute Gasteiger partial charge is 0.243 e. The first-order valence-electron chi connectivity index (χ1n) is 7.11. The number of nitrogens with zero attached hydrogens (tertiary/aromatic N) is 2. The van der Waals surface area contributed by atoms with Gasteiger partial charge in [-0.1, -0.05) is 5.16 Å². The van der Waals surface area contributed by atoms with Crippen LogP contribution in [-0.4, -0.2) is 31.5 Å². The zero-order valence-electron chi connectivity index (χ0n) is 12.5. The Morgan fingerprint density at radius 2 is 2.05 bits per heavy atom. The van der Waals surface area contributed by atoms with E-state index in [1.165, 1.54) is 4.31 Å². The van der Waals surface area contributed by atoms with Crippen molar-refractivity contribution >= 4 is 10.0 Å². The van der Waals surface area contributed by atoms with Gasteiger partial charge in [0, 0.05) is 12.6 Å². The maximum Gasteiger partial charge on any atom is 0.243 e. The van der Waals surface area contributed by atoms with Crippen LogP contribution in [-0.2, 0) is 10.0 Å². The first-order chi connectivity index (χ1) is 10.5. The molecule has 2 heterocycles. The van der Waals surface area contributed by atoms with Gasteiger partial charge in [0.1, 0.15) is 17.2 Å². The SMILES string of the molecule is COc1ccc(S(=O)(=O)N2CCCC2c2cc(C)on2)cc1. The first kappa shape index (κ1) is 15.1. The molecular weight excluding hydrogens is 304 g/mol. The third-order valence-corrected chi connectivity index (χ3v) is 5.78. The van der Waals surface area contributed by atoms with Crippen molar-refractivity contribution in [1.82, 2.24) is 9.46 Å². The first-order valence-corrected chi connectivity index (χ1v) is 8.55. The summed E-state index contributed by atoms with van der Waals surface area (Å²) in [6, 6.07) is 7.97. The van der Waals surface area contributed by atoms with Crippen molar-refractivity contribution in [2.75, 3.05) is 13.7 Å². The second-order valence-corrected chi connectivity index (χ2v) is 7.20. The number of sulfonamides is 1. The van der Waals surface area contributed by atoms with Gasteiger partial charge in [0.05, 0.1) is 18.0 Å². The summed E-state index contributed by atoms with van der Waals surface area (Å²) in [5, 5.41) is 3.98. The molecule has 118 valence electrons. The van der Waals surface area contributed by atoms with E-state index in [0.717, 1.165) is 12.8 Å². The highest BCUT2D eigenvalue weighted by molar-refractivity contribution is 7.89. The largest absolute Gasteiger partial charge is 0.497 e. The maximum absolute atomic E-state index is 12.9. The zero-order valence-corrected chi connectivity index (χ0v) is 13.3. The van der Waals surface area contributed by atoms with E-state index in [-0.39, 0.29) is 10.9 Å². The Hall–Kier alpha value is -1.86. The van der Waals surface area contributed by atoms with Crippen LogP contribution in [0.25, 0.3) is 0 Å². The number of ether oxygens (including phenoxy) is 1. The lowest BCUT2D eigenvalue weighted by Gasteiger charge is -2.22. The molecule has 0 bridgehead atoms. The summed E-state index contributed by atoms with van der Waals surface area (Å²) in [7, 11) is -2.01. The molecule has 3 rings (SSSR count). The van der Waals surface area contributed by atoms with E-state index in [0.29, 0.717) is 23.7 Å². The lowest BCUT2D eigenvalue weighted by molar-refractivity contribution is 0.349. The van der Waals surface area contributed by atoms with Crippen molar-refractivity contribution in [2.24, 2.45) is 0 Å². The van der Waals surface area contributed by atoms with Crippen molar-refractivity contribution < 1.29 is 17.7 Å². The van der Waals surface area contributed by atoms with Gasteiger partial charge in [-0.2, -0.15) is 4.31 Å². The number of hydrogen-bond donors (Lipinski definition) is 0. The Balaban J connectivity index is 1.93. The monoisotopic (exact) mass is 322 g/mol. The number of rotatable bonds is 4. The second-order valence-electron chi connectivity index (χ2n) is 5.31. The van der Waals surface area contributed by atoms with Gasteiger partial charge < -0.3 is 9.26 Å². The normalized spacial score (nSPS) is 19.5. The molecule has 6 nitrogen and oxygen atoms in total. The molecule has 0 spiro atoms. The minimum atomic E-state index is -3.56. The van der Waals surface area contributed by atoms with Gasteiger partial charge >= 0.3 is 0 Å². The number of hydrogen-bond acceptors (Lipinski definition) is 5. The molecule has 2 aromatic rings. The zero-order chi connectivity index (χ0) is 15.7. The van der Waals surface area contributed by atoms with Crippen molar-refractivity contribution in [1.29, 1.82) is 0 Å². The number of methoxy groups -OCH3 is 1. The summed E-state index contributed by atoms with van der Waals surface area (Å²) in [4.78, 5) is 0.264. The van der Waals surface area contributed by atoms with E-state index in [1.54, 1.807) is 44.4 Å². The van der Waals surface area contributed by atoms with Crippen molar-refractivity contribution in [3.05, 3.63) is 41.8 Å². The lowest BCUT2D eigenvalue weighted by Crippen LogP contribution is -2.30. The van der Waals surface area contributed by atoms with Crippen LogP contribution in [0, 0.1) is 6.92 Å². The highest BCUT2D eigenvalue weighted by Gasteiger charge is 2.37. The Morgan fingerprint density at radius 3 is 2.64 bits per heavy atom. The molecular formula is C15H18N2O4S. The van der Waals surface area contributed by atoms with Gasteiger partial charge in [-0.05, 0) is 44.0 Å². The molecule has 0 saturated carbocycles. The minimum absolute atomic E-state index is 0.260. The van der Waals surface area contributed by atoms with Crippen LogP contribution >= 0.6 is 0 Å². The third-order valence-electron chi connectivity index (χ3n) is 3.86. The van der Waals surface area contributed by atoms with E-state index in [1.807, 2.05) is 0 Å². The summed E-state index contributed by atoms with van der Waals surface area (Å²) in [6.45, 7) is 2.29. The highest BCUT2D eigenvalue weighted by atomic mass is 32.2. The third kappa shape index (κ3) is 2.62. The van der Waals surface area contributed by atoms with Crippen molar-refractivity contribution in [3.63, 3.8) is 0 Å². The Kier molecular flexibility index (Phi) is 3.92. The molecule has 0 N–H and O–H groups in total. The molecule has 1 aromatic heterocycles. The summed E-state index contributed by atoms with van der Waals surface area (Å²) in [5.74, 6) is 1.31. The Morgan fingerprint density at radius 1 is 1.32 bits per heavy atom. The maximum atomic E-state index is 12.9. The van der Waals surface area contributed by atoms with Crippen LogP contribution in [0.2, 0.25) is 0 Å². The van der Waals surface area contributed by atoms with E-state index in [9.17, 15) is 8.42 Å². The number of aryl methyl sites for hydroxylation is 1. The van der Waals surface area contributed by atoms with Crippen LogP contribution in [0.1, 0.15) is 30.3 Å².